The zero-order valence-electron chi connectivity index (χ0n) is 14.6. The van der Waals surface area contributed by atoms with Crippen LogP contribution in [-0.2, 0) is 16.1 Å². The molecule has 1 unspecified atom stereocenters. The molecule has 1 aromatic heterocycles. The normalized spacial score (nSPS) is 17.1. The summed E-state index contributed by atoms with van der Waals surface area (Å²) < 4.78 is 6.77. The fraction of sp³-hybridized carbons (Fsp3) is 0.688. The molecule has 2 heterocycles. The van der Waals surface area contributed by atoms with Crippen LogP contribution in [0, 0.1) is 11.8 Å². The van der Waals surface area contributed by atoms with Crippen molar-refractivity contribution in [3.8, 4) is 0 Å². The van der Waals surface area contributed by atoms with Crippen LogP contribution >= 0.6 is 24.0 Å². The molecule has 1 aliphatic rings. The lowest BCUT2D eigenvalue weighted by Gasteiger charge is -2.33. The van der Waals surface area contributed by atoms with Gasteiger partial charge in [-0.05, 0) is 24.8 Å². The van der Waals surface area contributed by atoms with Crippen LogP contribution in [0.1, 0.15) is 19.8 Å². The Balaban J connectivity index is 0.00000288. The van der Waals surface area contributed by atoms with Crippen LogP contribution in [0.5, 0.6) is 0 Å². The highest BCUT2D eigenvalue weighted by Gasteiger charge is 2.27. The number of hydrogen-bond donors (Lipinski definition) is 1. The standard InChI is InChI=1S/C16H27N5O2.HI/c1-13(12-21-8-4-7-19-21)11-18-16(17-2)20-9-5-14(6-10-20)15(22)23-3;/h4,7-8,13-14H,5-6,9-12H2,1-3H3,(H,17,18);1H. The maximum atomic E-state index is 11.6. The van der Waals surface area contributed by atoms with Crippen molar-refractivity contribution in [2.75, 3.05) is 33.8 Å². The monoisotopic (exact) mass is 449 g/mol. The lowest BCUT2D eigenvalue weighted by atomic mass is 9.97. The largest absolute Gasteiger partial charge is 0.469 e. The van der Waals surface area contributed by atoms with Gasteiger partial charge in [0, 0.05) is 45.6 Å². The molecule has 1 aromatic rings. The Hall–Kier alpha value is -1.32. The summed E-state index contributed by atoms with van der Waals surface area (Å²) in [5, 5.41) is 7.66. The molecule has 1 saturated heterocycles. The molecule has 1 fully saturated rings. The van der Waals surface area contributed by atoms with Gasteiger partial charge in [0.2, 0.25) is 0 Å². The molecule has 8 heteroatoms. The first-order valence-corrected chi connectivity index (χ1v) is 8.15. The summed E-state index contributed by atoms with van der Waals surface area (Å²) in [5.41, 5.74) is 0. The number of nitrogens with one attached hydrogen (secondary N) is 1. The van der Waals surface area contributed by atoms with Crippen molar-refractivity contribution in [3.05, 3.63) is 18.5 Å². The van der Waals surface area contributed by atoms with Gasteiger partial charge in [0.25, 0.3) is 0 Å². The molecule has 0 radical (unpaired) electrons. The van der Waals surface area contributed by atoms with E-state index in [0.717, 1.165) is 45.0 Å². The number of carbonyl (C=O) groups excluding carboxylic acids is 1. The second-order valence-corrected chi connectivity index (χ2v) is 6.05. The number of aromatic nitrogens is 2. The lowest BCUT2D eigenvalue weighted by molar-refractivity contribution is -0.146. The van der Waals surface area contributed by atoms with Gasteiger partial charge in [0.05, 0.1) is 13.0 Å². The molecular weight excluding hydrogens is 421 g/mol. The van der Waals surface area contributed by atoms with Crippen LogP contribution < -0.4 is 5.32 Å². The van der Waals surface area contributed by atoms with Gasteiger partial charge in [0.1, 0.15) is 0 Å². The molecule has 0 spiro atoms. The molecule has 2 rings (SSSR count). The van der Waals surface area contributed by atoms with Crippen molar-refractivity contribution < 1.29 is 9.53 Å². The molecule has 24 heavy (non-hydrogen) atoms. The zero-order valence-corrected chi connectivity index (χ0v) is 17.0. The number of aliphatic imine (C=N–C) groups is 1. The van der Waals surface area contributed by atoms with E-state index in [2.05, 4.69) is 27.2 Å². The fourth-order valence-corrected chi connectivity index (χ4v) is 2.88. The molecule has 1 atom stereocenters. The number of esters is 1. The van der Waals surface area contributed by atoms with E-state index in [-0.39, 0.29) is 35.9 Å². The van der Waals surface area contributed by atoms with Crippen molar-refractivity contribution in [3.63, 3.8) is 0 Å². The highest BCUT2D eigenvalue weighted by molar-refractivity contribution is 14.0. The SMILES string of the molecule is CN=C(NCC(C)Cn1cccn1)N1CCC(C(=O)OC)CC1.I. The molecule has 0 aliphatic carbocycles. The van der Waals surface area contributed by atoms with Gasteiger partial charge in [-0.3, -0.25) is 14.5 Å². The first-order valence-electron chi connectivity index (χ1n) is 8.15. The first kappa shape index (κ1) is 20.7. The summed E-state index contributed by atoms with van der Waals surface area (Å²) in [7, 11) is 3.25. The van der Waals surface area contributed by atoms with Crippen LogP contribution in [0.2, 0.25) is 0 Å². The van der Waals surface area contributed by atoms with Gasteiger partial charge in [-0.25, -0.2) is 0 Å². The smallest absolute Gasteiger partial charge is 0.308 e. The minimum atomic E-state index is -0.0968. The minimum absolute atomic E-state index is 0. The van der Waals surface area contributed by atoms with Crippen molar-refractivity contribution in [1.29, 1.82) is 0 Å². The predicted octanol–water partition coefficient (Wildman–Crippen LogP) is 1.60. The number of hydrogen-bond acceptors (Lipinski definition) is 4. The summed E-state index contributed by atoms with van der Waals surface area (Å²) >= 11 is 0. The Morgan fingerprint density at radius 2 is 2.17 bits per heavy atom. The maximum absolute atomic E-state index is 11.6. The Kier molecular flexibility index (Phi) is 9.09. The van der Waals surface area contributed by atoms with Crippen LogP contribution in [-0.4, -0.2) is 60.4 Å². The van der Waals surface area contributed by atoms with Crippen molar-refractivity contribution in [1.82, 2.24) is 20.0 Å². The molecule has 7 nitrogen and oxygen atoms in total. The van der Waals surface area contributed by atoms with E-state index < -0.39 is 0 Å². The summed E-state index contributed by atoms with van der Waals surface area (Å²) in [6, 6.07) is 1.94. The van der Waals surface area contributed by atoms with E-state index in [1.165, 1.54) is 7.11 Å². The number of nitrogens with zero attached hydrogens (tertiary/aromatic N) is 4. The van der Waals surface area contributed by atoms with Crippen molar-refractivity contribution >= 4 is 35.9 Å². The van der Waals surface area contributed by atoms with E-state index in [4.69, 9.17) is 4.74 Å². The van der Waals surface area contributed by atoms with Gasteiger partial charge < -0.3 is 15.0 Å². The molecule has 1 aliphatic heterocycles. The molecule has 0 bridgehead atoms. The van der Waals surface area contributed by atoms with E-state index >= 15 is 0 Å². The number of methoxy groups -OCH3 is 1. The Labute approximate surface area is 160 Å². The van der Waals surface area contributed by atoms with Crippen LogP contribution in [0.15, 0.2) is 23.5 Å². The predicted molar refractivity (Wildman–Crippen MR) is 104 cm³/mol. The summed E-state index contributed by atoms with van der Waals surface area (Å²) in [5.74, 6) is 1.27. The molecule has 1 N–H and O–H groups in total. The number of rotatable bonds is 5. The van der Waals surface area contributed by atoms with Gasteiger partial charge in [0.15, 0.2) is 5.96 Å². The summed E-state index contributed by atoms with van der Waals surface area (Å²) in [6.07, 6.45) is 5.40. The highest BCUT2D eigenvalue weighted by atomic mass is 127. The maximum Gasteiger partial charge on any atom is 0.308 e. The lowest BCUT2D eigenvalue weighted by Crippen LogP contribution is -2.47. The highest BCUT2D eigenvalue weighted by Crippen LogP contribution is 2.18. The third-order valence-electron chi connectivity index (χ3n) is 4.21. The van der Waals surface area contributed by atoms with E-state index in [1.54, 1.807) is 13.2 Å². The van der Waals surface area contributed by atoms with E-state index in [0.29, 0.717) is 5.92 Å². The third-order valence-corrected chi connectivity index (χ3v) is 4.21. The van der Waals surface area contributed by atoms with Gasteiger partial charge in [-0.2, -0.15) is 5.10 Å². The molecule has 136 valence electrons. The number of halogens is 1. The second-order valence-electron chi connectivity index (χ2n) is 6.05. The van der Waals surface area contributed by atoms with Crippen LogP contribution in [0.25, 0.3) is 0 Å². The van der Waals surface area contributed by atoms with E-state index in [1.807, 2.05) is 16.9 Å². The van der Waals surface area contributed by atoms with Crippen LogP contribution in [0.4, 0.5) is 0 Å². The Bertz CT molecular complexity index is 513. The van der Waals surface area contributed by atoms with Crippen molar-refractivity contribution in [2.45, 2.75) is 26.3 Å². The van der Waals surface area contributed by atoms with Gasteiger partial charge in [-0.15, -0.1) is 24.0 Å². The van der Waals surface area contributed by atoms with Gasteiger partial charge in [-0.1, -0.05) is 6.92 Å². The fourth-order valence-electron chi connectivity index (χ4n) is 2.88. The Morgan fingerprint density at radius 3 is 2.71 bits per heavy atom. The molecule has 0 saturated carbocycles. The second kappa shape index (κ2) is 10.5. The third kappa shape index (κ3) is 5.95. The van der Waals surface area contributed by atoms with E-state index in [9.17, 15) is 4.79 Å². The van der Waals surface area contributed by atoms with Crippen molar-refractivity contribution in [2.24, 2.45) is 16.8 Å². The number of ether oxygens (including phenoxy) is 1. The van der Waals surface area contributed by atoms with Gasteiger partial charge >= 0.3 is 5.97 Å². The number of guanidine groups is 1. The molecular formula is C16H28IN5O2. The number of piperidine rings is 1. The summed E-state index contributed by atoms with van der Waals surface area (Å²) in [4.78, 5) is 18.2. The average Bonchev–Trinajstić information content (AvgIpc) is 3.08. The Morgan fingerprint density at radius 1 is 1.46 bits per heavy atom. The summed E-state index contributed by atoms with van der Waals surface area (Å²) in [6.45, 7) is 5.55. The topological polar surface area (TPSA) is 71.8 Å². The molecule has 0 aromatic carbocycles. The number of carbonyl (C=O) groups is 1. The van der Waals surface area contributed by atoms with Crippen LogP contribution in [0.3, 0.4) is 0 Å². The minimum Gasteiger partial charge on any atom is -0.469 e. The molecule has 0 amide bonds. The average molecular weight is 449 g/mol. The quantitative estimate of drug-likeness (QED) is 0.320. The zero-order chi connectivity index (χ0) is 16.7. The first-order chi connectivity index (χ1) is 11.1. The number of likely N-dealkylation sites (tertiary alicyclic amines) is 1.